The van der Waals surface area contributed by atoms with Crippen LogP contribution in [-0.4, -0.2) is 41.6 Å². The van der Waals surface area contributed by atoms with E-state index >= 15 is 0 Å². The highest BCUT2D eigenvalue weighted by atomic mass is 35.5. The first-order chi connectivity index (χ1) is 13.3. The lowest BCUT2D eigenvalue weighted by molar-refractivity contribution is 0.334. The van der Waals surface area contributed by atoms with Crippen molar-refractivity contribution in [1.82, 2.24) is 13.6 Å². The Bertz CT molecular complexity index is 912. The average Bonchev–Trinajstić information content (AvgIpc) is 3.15. The minimum absolute atomic E-state index is 0.200. The van der Waals surface area contributed by atoms with E-state index in [0.717, 1.165) is 41.2 Å². The molecule has 3 rings (SSSR count). The van der Waals surface area contributed by atoms with Gasteiger partial charge in [-0.2, -0.15) is 17.0 Å². The van der Waals surface area contributed by atoms with Crippen LogP contribution in [-0.2, 0) is 16.6 Å². The second kappa shape index (κ2) is 8.91. The van der Waals surface area contributed by atoms with Gasteiger partial charge in [0.1, 0.15) is 0 Å². The predicted octanol–water partition coefficient (Wildman–Crippen LogP) is 4.36. The van der Waals surface area contributed by atoms with Crippen molar-refractivity contribution in [1.29, 1.82) is 0 Å². The summed E-state index contributed by atoms with van der Waals surface area (Å²) in [5.74, 6) is 0. The summed E-state index contributed by atoms with van der Waals surface area (Å²) in [4.78, 5) is 4.70. The van der Waals surface area contributed by atoms with E-state index in [-0.39, 0.29) is 6.04 Å². The van der Waals surface area contributed by atoms with Gasteiger partial charge in [0, 0.05) is 30.4 Å². The molecule has 1 atom stereocenters. The van der Waals surface area contributed by atoms with Crippen LogP contribution >= 0.6 is 11.6 Å². The van der Waals surface area contributed by atoms with Crippen LogP contribution in [0.3, 0.4) is 0 Å². The van der Waals surface area contributed by atoms with Gasteiger partial charge >= 0.3 is 0 Å². The Morgan fingerprint density at radius 3 is 2.46 bits per heavy atom. The minimum atomic E-state index is -3.48. The molecule has 2 heterocycles. The molecule has 1 unspecified atom stereocenters. The zero-order chi connectivity index (χ0) is 20.3. The highest BCUT2D eigenvalue weighted by Gasteiger charge is 2.38. The highest BCUT2D eigenvalue weighted by molar-refractivity contribution is 7.86. The fourth-order valence-electron chi connectivity index (χ4n) is 3.89. The lowest BCUT2D eigenvalue weighted by Gasteiger charge is -2.29. The first kappa shape index (κ1) is 21.2. The minimum Gasteiger partial charge on any atom is -0.256 e. The van der Waals surface area contributed by atoms with Gasteiger partial charge in [0.25, 0.3) is 10.2 Å². The quantitative estimate of drug-likeness (QED) is 0.667. The third kappa shape index (κ3) is 4.57. The smallest absolute Gasteiger partial charge is 0.256 e. The van der Waals surface area contributed by atoms with Crippen LogP contribution in [0.5, 0.6) is 0 Å². The molecule has 0 N–H and O–H groups in total. The van der Waals surface area contributed by atoms with Crippen molar-refractivity contribution in [3.8, 4) is 0 Å². The number of aryl methyl sites for hydroxylation is 1. The van der Waals surface area contributed by atoms with Crippen molar-refractivity contribution in [2.75, 3.05) is 19.6 Å². The van der Waals surface area contributed by atoms with E-state index in [4.69, 9.17) is 16.6 Å². The van der Waals surface area contributed by atoms with Crippen LogP contribution in [0.15, 0.2) is 36.4 Å². The third-order valence-corrected chi connectivity index (χ3v) is 7.68. The Balaban J connectivity index is 1.90. The molecule has 0 radical (unpaired) electrons. The summed E-state index contributed by atoms with van der Waals surface area (Å²) in [6.45, 7) is 7.22. The molecule has 1 fully saturated rings. The second-order valence-electron chi connectivity index (χ2n) is 7.21. The van der Waals surface area contributed by atoms with Gasteiger partial charge in [-0.1, -0.05) is 37.6 Å². The van der Waals surface area contributed by atoms with Crippen LogP contribution in [0.25, 0.3) is 0 Å². The molecule has 1 saturated heterocycles. The number of hydrogen-bond acceptors (Lipinski definition) is 3. The fraction of sp³-hybridized carbons (Fsp3) is 0.476. The molecular formula is C21H28ClN3O2S. The molecule has 1 aliphatic heterocycles. The number of nitrogens with zero attached hydrogens (tertiary/aromatic N) is 3. The number of hydrogen-bond donors (Lipinski definition) is 0. The van der Waals surface area contributed by atoms with Crippen molar-refractivity contribution in [3.63, 3.8) is 0 Å². The summed E-state index contributed by atoms with van der Waals surface area (Å²) in [5, 5.41) is 0.721. The molecule has 0 saturated carbocycles. The number of rotatable bonds is 7. The molecule has 5 nitrogen and oxygen atoms in total. The Hall–Kier alpha value is -1.47. The number of pyridine rings is 1. The summed E-state index contributed by atoms with van der Waals surface area (Å²) in [6.07, 6.45) is 2.42. The third-order valence-electron chi connectivity index (χ3n) is 5.23. The zero-order valence-corrected chi connectivity index (χ0v) is 18.3. The van der Waals surface area contributed by atoms with Gasteiger partial charge in [-0.3, -0.25) is 4.98 Å². The molecule has 2 aromatic rings. The molecule has 0 spiro atoms. The van der Waals surface area contributed by atoms with Crippen LogP contribution < -0.4 is 0 Å². The van der Waals surface area contributed by atoms with Crippen LogP contribution in [0.4, 0.5) is 0 Å². The number of aromatic nitrogens is 1. The molecule has 1 aromatic carbocycles. The molecule has 152 valence electrons. The fourth-order valence-corrected chi connectivity index (χ4v) is 5.86. The summed E-state index contributed by atoms with van der Waals surface area (Å²) >= 11 is 5.98. The van der Waals surface area contributed by atoms with Crippen LogP contribution in [0.1, 0.15) is 55.2 Å². The van der Waals surface area contributed by atoms with Crippen molar-refractivity contribution >= 4 is 21.8 Å². The largest absolute Gasteiger partial charge is 0.282 e. The van der Waals surface area contributed by atoms with Crippen molar-refractivity contribution in [2.45, 2.75) is 46.1 Å². The van der Waals surface area contributed by atoms with E-state index in [1.54, 1.807) is 4.31 Å². The van der Waals surface area contributed by atoms with E-state index in [1.807, 2.05) is 45.0 Å². The van der Waals surface area contributed by atoms with E-state index in [0.29, 0.717) is 19.6 Å². The molecule has 7 heteroatoms. The lowest BCUT2D eigenvalue weighted by Crippen LogP contribution is -2.43. The summed E-state index contributed by atoms with van der Waals surface area (Å²) in [7, 11) is -3.48. The van der Waals surface area contributed by atoms with E-state index in [9.17, 15) is 8.42 Å². The summed E-state index contributed by atoms with van der Waals surface area (Å²) in [6, 6.07) is 11.7. The SMILES string of the molecule is CCN(CC)S(=O)(=O)N1CCCC1c1cc(Cc2ccc(Cl)cc2)cc(C)n1. The standard InChI is InChI=1S/C21H28ClN3O2S/c1-4-24(5-2)28(26,27)25-12-6-7-21(25)20-15-18(13-16(3)23-20)14-17-8-10-19(22)11-9-17/h8-11,13,15,21H,4-7,12,14H2,1-3H3. The first-order valence-corrected chi connectivity index (χ1v) is 11.6. The topological polar surface area (TPSA) is 53.5 Å². The summed E-state index contributed by atoms with van der Waals surface area (Å²) in [5.41, 5.74) is 4.06. The van der Waals surface area contributed by atoms with Gasteiger partial charge in [0.2, 0.25) is 0 Å². The van der Waals surface area contributed by atoms with Gasteiger partial charge in [-0.25, -0.2) is 0 Å². The normalized spacial score (nSPS) is 18.1. The average molecular weight is 422 g/mol. The van der Waals surface area contributed by atoms with Crippen LogP contribution in [0, 0.1) is 6.92 Å². The second-order valence-corrected chi connectivity index (χ2v) is 9.52. The molecule has 0 amide bonds. The van der Waals surface area contributed by atoms with E-state index in [2.05, 4.69) is 12.1 Å². The van der Waals surface area contributed by atoms with Crippen LogP contribution in [0.2, 0.25) is 5.02 Å². The van der Waals surface area contributed by atoms with Gasteiger partial charge in [-0.05, 0) is 61.6 Å². The Morgan fingerprint density at radius 1 is 1.14 bits per heavy atom. The number of halogens is 1. The van der Waals surface area contributed by atoms with Gasteiger partial charge in [-0.15, -0.1) is 0 Å². The van der Waals surface area contributed by atoms with Crippen molar-refractivity contribution in [3.05, 3.63) is 63.9 Å². The maximum Gasteiger partial charge on any atom is 0.282 e. The molecule has 0 bridgehead atoms. The number of benzene rings is 1. The molecule has 1 aliphatic rings. The van der Waals surface area contributed by atoms with E-state index < -0.39 is 10.2 Å². The molecule has 0 aliphatic carbocycles. The van der Waals surface area contributed by atoms with Gasteiger partial charge in [0.15, 0.2) is 0 Å². The lowest BCUT2D eigenvalue weighted by atomic mass is 10.0. The van der Waals surface area contributed by atoms with Crippen molar-refractivity contribution in [2.24, 2.45) is 0 Å². The predicted molar refractivity (Wildman–Crippen MR) is 114 cm³/mol. The van der Waals surface area contributed by atoms with Crippen molar-refractivity contribution < 1.29 is 8.42 Å². The van der Waals surface area contributed by atoms with E-state index in [1.165, 1.54) is 9.87 Å². The first-order valence-electron chi connectivity index (χ1n) is 9.84. The maximum atomic E-state index is 13.1. The highest BCUT2D eigenvalue weighted by Crippen LogP contribution is 2.35. The maximum absolute atomic E-state index is 13.1. The molecule has 28 heavy (non-hydrogen) atoms. The zero-order valence-electron chi connectivity index (χ0n) is 16.7. The Morgan fingerprint density at radius 2 is 1.82 bits per heavy atom. The Kier molecular flexibility index (Phi) is 6.76. The monoisotopic (exact) mass is 421 g/mol. The Labute approximate surface area is 173 Å². The van der Waals surface area contributed by atoms with Gasteiger partial charge < -0.3 is 0 Å². The molecular weight excluding hydrogens is 394 g/mol. The summed E-state index contributed by atoms with van der Waals surface area (Å²) < 4.78 is 29.3. The van der Waals surface area contributed by atoms with Gasteiger partial charge in [0.05, 0.1) is 11.7 Å². The molecule has 1 aromatic heterocycles.